The molecule has 2 fully saturated rings. The summed E-state index contributed by atoms with van der Waals surface area (Å²) in [7, 11) is 0. The predicted octanol–water partition coefficient (Wildman–Crippen LogP) is 7.61. The molecule has 5 nitrogen and oxygen atoms in total. The zero-order valence-corrected chi connectivity index (χ0v) is 25.4. The maximum Gasteiger partial charge on any atom is 0.309 e. The van der Waals surface area contributed by atoms with Gasteiger partial charge < -0.3 is 21.1 Å². The van der Waals surface area contributed by atoms with Gasteiger partial charge in [-0.3, -0.25) is 4.79 Å². The molecule has 0 amide bonds. The minimum atomic E-state index is -0.680. The highest BCUT2D eigenvalue weighted by molar-refractivity contribution is 7.99. The van der Waals surface area contributed by atoms with E-state index in [0.29, 0.717) is 13.0 Å². The van der Waals surface area contributed by atoms with Crippen LogP contribution in [0.2, 0.25) is 0 Å². The van der Waals surface area contributed by atoms with Crippen molar-refractivity contribution in [3.05, 3.63) is 34.4 Å². The quantitative estimate of drug-likeness (QED) is 0.199. The first-order chi connectivity index (χ1) is 17.6. The van der Waals surface area contributed by atoms with Gasteiger partial charge in [-0.1, -0.05) is 46.3 Å². The number of thioether (sulfide) groups is 1. The SMILES string of the molecule is CC[C@@](C)(CC[C@]1(C)CC[C@]2(C)C3=CC(SCCN)c4c(cc(O)c(O)c4C)[C@]3(C)CC[C@@]2(C)C1)C(=O)O. The molecule has 0 heterocycles. The molecule has 3 aliphatic carbocycles. The molecule has 2 saturated carbocycles. The number of allylic oxidation sites excluding steroid dienone is 1. The third kappa shape index (κ3) is 4.38. The van der Waals surface area contributed by atoms with Gasteiger partial charge in [-0.15, -0.1) is 11.8 Å². The van der Waals surface area contributed by atoms with Gasteiger partial charge in [0.25, 0.3) is 0 Å². The maximum atomic E-state index is 12.0. The fraction of sp³-hybridized carbons (Fsp3) is 0.719. The second-order valence-electron chi connectivity index (χ2n) is 13.9. The topological polar surface area (TPSA) is 104 Å². The van der Waals surface area contributed by atoms with Crippen molar-refractivity contribution in [2.75, 3.05) is 12.3 Å². The van der Waals surface area contributed by atoms with E-state index in [1.807, 2.05) is 38.6 Å². The molecular weight excluding hydrogens is 494 g/mol. The Bertz CT molecular complexity index is 1150. The van der Waals surface area contributed by atoms with E-state index in [0.717, 1.165) is 67.4 Å². The summed E-state index contributed by atoms with van der Waals surface area (Å²) in [6, 6.07) is 1.83. The molecule has 0 bridgehead atoms. The van der Waals surface area contributed by atoms with Crippen molar-refractivity contribution in [1.82, 2.24) is 0 Å². The average molecular weight is 544 g/mol. The number of carbonyl (C=O) groups is 1. The van der Waals surface area contributed by atoms with Gasteiger partial charge in [0.2, 0.25) is 0 Å². The van der Waals surface area contributed by atoms with Crippen molar-refractivity contribution >= 4 is 17.7 Å². The molecule has 0 aliphatic heterocycles. The monoisotopic (exact) mass is 543 g/mol. The number of carboxylic acid groups (broad SMARTS) is 1. The molecule has 4 rings (SSSR count). The van der Waals surface area contributed by atoms with E-state index in [-0.39, 0.29) is 38.4 Å². The maximum absolute atomic E-state index is 12.0. The second kappa shape index (κ2) is 9.76. The smallest absolute Gasteiger partial charge is 0.309 e. The zero-order chi connectivity index (χ0) is 28.3. The number of carboxylic acids is 1. The van der Waals surface area contributed by atoms with Gasteiger partial charge in [0.05, 0.1) is 5.41 Å². The van der Waals surface area contributed by atoms with Gasteiger partial charge in [-0.2, -0.15) is 0 Å². The number of phenols is 2. The summed E-state index contributed by atoms with van der Waals surface area (Å²) < 4.78 is 0. The van der Waals surface area contributed by atoms with Crippen LogP contribution in [0.3, 0.4) is 0 Å². The van der Waals surface area contributed by atoms with E-state index in [4.69, 9.17) is 5.73 Å². The standard InChI is InChI=1S/C32H49NO4S/c1-8-29(4,27(36)37)11-9-28(3)10-14-32(7)24-18-23(38-16-15-33)25-20(2)26(35)22(34)17-21(25)31(24,6)13-12-30(32,5)19-28/h17-18,23,34-35H,8-16,19,33H2,1-7H3,(H,36,37)/t23?,28-,29+,30+,31+,32-/m1/s1. The van der Waals surface area contributed by atoms with Crippen molar-refractivity contribution in [3.63, 3.8) is 0 Å². The van der Waals surface area contributed by atoms with Gasteiger partial charge in [-0.25, -0.2) is 0 Å². The Labute approximate surface area is 233 Å². The highest BCUT2D eigenvalue weighted by Gasteiger charge is 2.61. The van der Waals surface area contributed by atoms with Gasteiger partial charge in [-0.05, 0) is 104 Å². The molecule has 38 heavy (non-hydrogen) atoms. The number of aliphatic carboxylic acids is 1. The largest absolute Gasteiger partial charge is 0.504 e. The molecule has 3 aliphatic rings. The molecule has 1 aromatic carbocycles. The van der Waals surface area contributed by atoms with Gasteiger partial charge in [0, 0.05) is 23.0 Å². The van der Waals surface area contributed by atoms with Crippen molar-refractivity contribution in [3.8, 4) is 11.5 Å². The van der Waals surface area contributed by atoms with E-state index < -0.39 is 11.4 Å². The van der Waals surface area contributed by atoms with Gasteiger partial charge in [0.1, 0.15) is 0 Å². The average Bonchev–Trinajstić information content (AvgIpc) is 2.86. The van der Waals surface area contributed by atoms with E-state index >= 15 is 0 Å². The van der Waals surface area contributed by atoms with Crippen LogP contribution < -0.4 is 5.73 Å². The first kappa shape index (κ1) is 29.3. The fourth-order valence-electron chi connectivity index (χ4n) is 8.23. The van der Waals surface area contributed by atoms with Gasteiger partial charge in [0.15, 0.2) is 11.5 Å². The third-order valence-electron chi connectivity index (χ3n) is 11.5. The lowest BCUT2D eigenvalue weighted by atomic mass is 9.40. The summed E-state index contributed by atoms with van der Waals surface area (Å²) in [6.45, 7) is 16.1. The lowest BCUT2D eigenvalue weighted by molar-refractivity contribution is -0.149. The summed E-state index contributed by atoms with van der Waals surface area (Å²) in [4.78, 5) is 12.0. The molecule has 0 aromatic heterocycles. The number of fused-ring (bicyclic) bond motifs is 5. The number of rotatable bonds is 8. The zero-order valence-electron chi connectivity index (χ0n) is 24.5. The lowest BCUT2D eigenvalue weighted by Gasteiger charge is -2.65. The predicted molar refractivity (Wildman–Crippen MR) is 157 cm³/mol. The number of nitrogens with two attached hydrogens (primary N) is 1. The summed E-state index contributed by atoms with van der Waals surface area (Å²) in [5.74, 6) is 0.111. The Morgan fingerprint density at radius 2 is 1.84 bits per heavy atom. The second-order valence-corrected chi connectivity index (χ2v) is 15.2. The number of hydrogen-bond acceptors (Lipinski definition) is 5. The Kier molecular flexibility index (Phi) is 7.53. The van der Waals surface area contributed by atoms with Crippen molar-refractivity contribution in [2.45, 2.75) is 110 Å². The molecule has 1 unspecified atom stereocenters. The van der Waals surface area contributed by atoms with Crippen LogP contribution >= 0.6 is 11.8 Å². The van der Waals surface area contributed by atoms with Crippen LogP contribution in [0.1, 0.15) is 115 Å². The Balaban J connectivity index is 1.74. The minimum absolute atomic E-state index is 0.000984. The molecule has 6 heteroatoms. The summed E-state index contributed by atoms with van der Waals surface area (Å²) in [5.41, 5.74) is 9.85. The van der Waals surface area contributed by atoms with Gasteiger partial charge >= 0.3 is 5.97 Å². The molecule has 5 N–H and O–H groups in total. The first-order valence-corrected chi connectivity index (χ1v) is 15.5. The van der Waals surface area contributed by atoms with Crippen LogP contribution in [-0.2, 0) is 10.2 Å². The Hall–Kier alpha value is -1.66. The highest BCUT2D eigenvalue weighted by Crippen LogP contribution is 2.71. The molecule has 6 atom stereocenters. The molecule has 0 spiro atoms. The fourth-order valence-corrected chi connectivity index (χ4v) is 9.33. The first-order valence-electron chi connectivity index (χ1n) is 14.4. The van der Waals surface area contributed by atoms with Crippen LogP contribution in [0.25, 0.3) is 0 Å². The molecule has 1 aromatic rings. The van der Waals surface area contributed by atoms with Crippen molar-refractivity contribution in [1.29, 1.82) is 0 Å². The van der Waals surface area contributed by atoms with Crippen LogP contribution in [0.5, 0.6) is 11.5 Å². The lowest BCUT2D eigenvalue weighted by Crippen LogP contribution is -2.56. The summed E-state index contributed by atoms with van der Waals surface area (Å²) in [5, 5.41) is 31.3. The van der Waals surface area contributed by atoms with Crippen LogP contribution in [-0.4, -0.2) is 33.6 Å². The summed E-state index contributed by atoms with van der Waals surface area (Å²) >= 11 is 1.83. The van der Waals surface area contributed by atoms with Crippen LogP contribution in [0.15, 0.2) is 17.7 Å². The van der Waals surface area contributed by atoms with Crippen LogP contribution in [0, 0.1) is 28.6 Å². The van der Waals surface area contributed by atoms with E-state index in [9.17, 15) is 20.1 Å². The number of hydrogen-bond donors (Lipinski definition) is 4. The number of aromatic hydroxyl groups is 2. The highest BCUT2D eigenvalue weighted by atomic mass is 32.2. The Morgan fingerprint density at radius 3 is 2.45 bits per heavy atom. The number of benzene rings is 1. The van der Waals surface area contributed by atoms with E-state index in [1.165, 1.54) is 5.57 Å². The van der Waals surface area contributed by atoms with Crippen molar-refractivity contribution in [2.24, 2.45) is 27.4 Å². The molecule has 0 saturated heterocycles. The minimum Gasteiger partial charge on any atom is -0.504 e. The number of phenolic OH excluding ortho intramolecular Hbond substituents is 2. The van der Waals surface area contributed by atoms with E-state index in [2.05, 4.69) is 33.8 Å². The van der Waals surface area contributed by atoms with E-state index in [1.54, 1.807) is 0 Å². The summed E-state index contributed by atoms with van der Waals surface area (Å²) in [6.07, 6.45) is 10.1. The molecule has 212 valence electrons. The molecule has 0 radical (unpaired) electrons. The molecular formula is C32H49NO4S. The third-order valence-corrected chi connectivity index (χ3v) is 12.7. The van der Waals surface area contributed by atoms with Crippen molar-refractivity contribution < 1.29 is 20.1 Å². The Morgan fingerprint density at radius 1 is 1.16 bits per heavy atom. The van der Waals surface area contributed by atoms with Crippen LogP contribution in [0.4, 0.5) is 0 Å². The normalized spacial score (nSPS) is 35.9.